The smallest absolute Gasteiger partial charge is 0.306 e. The molecular weight excluding hydrogens is 570 g/mol. The van der Waals surface area contributed by atoms with Crippen molar-refractivity contribution in [2.24, 2.45) is 0 Å². The van der Waals surface area contributed by atoms with Gasteiger partial charge in [0.05, 0.1) is 40.3 Å². The molecule has 0 saturated heterocycles. The predicted octanol–water partition coefficient (Wildman–Crippen LogP) is 6.79. The summed E-state index contributed by atoms with van der Waals surface area (Å²) in [6.07, 6.45) is 30.2. The summed E-state index contributed by atoms with van der Waals surface area (Å²) in [6.45, 7) is 4.40. The number of allylic oxidation sites excluding steroid dienone is 8. The normalized spacial score (nSPS) is 13.7. The summed E-state index contributed by atoms with van der Waals surface area (Å²) in [6, 6.07) is -0.730. The van der Waals surface area contributed by atoms with Crippen LogP contribution in [0.25, 0.3) is 0 Å². The second-order valence-electron chi connectivity index (χ2n) is 12.4. The highest BCUT2D eigenvalue weighted by Gasteiger charge is 2.25. The Morgan fingerprint density at radius 2 is 1.24 bits per heavy atom. The molecule has 0 heterocycles. The monoisotopic (exact) mass is 633 g/mol. The molecule has 2 atom stereocenters. The zero-order chi connectivity index (χ0) is 33.6. The molecule has 8 nitrogen and oxygen atoms in total. The van der Waals surface area contributed by atoms with Gasteiger partial charge in [0.15, 0.2) is 6.10 Å². The minimum atomic E-state index is -1.14. The molecule has 0 bridgehead atoms. The zero-order valence-corrected chi connectivity index (χ0v) is 29.0. The number of carbonyl (C=O) groups is 3. The lowest BCUT2D eigenvalue weighted by Crippen LogP contribution is -2.55. The van der Waals surface area contributed by atoms with Crippen molar-refractivity contribution in [1.82, 2.24) is 0 Å². The number of hydrogen-bond acceptors (Lipinski definition) is 7. The fraction of sp³-hybridized carbons (Fsp3) is 0.703. The number of carboxylic acids is 1. The maximum atomic E-state index is 12.5. The molecule has 8 heteroatoms. The third-order valence-electron chi connectivity index (χ3n) is 7.23. The number of hydrogen-bond donors (Lipinski definition) is 0. The van der Waals surface area contributed by atoms with E-state index in [2.05, 4.69) is 62.5 Å². The molecule has 0 aliphatic carbocycles. The summed E-state index contributed by atoms with van der Waals surface area (Å²) in [7, 11) is 5.36. The van der Waals surface area contributed by atoms with Gasteiger partial charge < -0.3 is 28.6 Å². The quantitative estimate of drug-likeness (QED) is 0.0387. The highest BCUT2D eigenvalue weighted by Crippen LogP contribution is 2.11. The van der Waals surface area contributed by atoms with Crippen LogP contribution in [0.15, 0.2) is 48.6 Å². The largest absolute Gasteiger partial charge is 0.544 e. The molecule has 0 aliphatic heterocycles. The average molecular weight is 634 g/mol. The molecule has 0 radical (unpaired) electrons. The molecule has 0 amide bonds. The van der Waals surface area contributed by atoms with E-state index in [1.54, 1.807) is 21.1 Å². The number of carboxylic acid groups (broad SMARTS) is 1. The van der Waals surface area contributed by atoms with Gasteiger partial charge in [0.1, 0.15) is 12.6 Å². The molecule has 0 aromatic rings. The SMILES string of the molecule is CC/C=C\C/C=C\C/C=C\C/C=C\CCCCC(=O)OC(COCCC(C(=O)[O-])[N+](C)(C)C)COC(=O)CCCCCCCC. The van der Waals surface area contributed by atoms with Gasteiger partial charge in [-0.15, -0.1) is 0 Å². The maximum Gasteiger partial charge on any atom is 0.306 e. The minimum absolute atomic E-state index is 0.0227. The first kappa shape index (κ1) is 42.3. The number of esters is 2. The number of carbonyl (C=O) groups excluding carboxylic acids is 3. The second kappa shape index (κ2) is 28.7. The number of likely N-dealkylation sites (N-methyl/N-ethyl adjacent to an activating group) is 1. The summed E-state index contributed by atoms with van der Waals surface area (Å²) < 4.78 is 16.9. The predicted molar refractivity (Wildman–Crippen MR) is 180 cm³/mol. The fourth-order valence-corrected chi connectivity index (χ4v) is 4.53. The molecule has 0 aromatic carbocycles. The fourth-order valence-electron chi connectivity index (χ4n) is 4.53. The van der Waals surface area contributed by atoms with Gasteiger partial charge in [-0.1, -0.05) is 94.6 Å². The number of unbranched alkanes of at least 4 members (excludes halogenated alkanes) is 7. The van der Waals surface area contributed by atoms with Crippen LogP contribution < -0.4 is 5.11 Å². The highest BCUT2D eigenvalue weighted by molar-refractivity contribution is 5.70. The van der Waals surface area contributed by atoms with Crippen molar-refractivity contribution in [3.05, 3.63) is 48.6 Å². The Morgan fingerprint density at radius 3 is 1.84 bits per heavy atom. The Labute approximate surface area is 274 Å². The standard InChI is InChI=1S/C37H63NO7/c1-6-8-10-12-14-15-16-17-18-19-20-21-22-24-26-28-36(40)45-33(31-43-30-29-34(37(41)42)38(3,4)5)32-44-35(39)27-25-23-13-11-9-7-2/h8,10,14-15,17-18,20-21,33-34H,6-7,9,11-13,16,19,22-32H2,1-5H3/b10-8-,15-14-,18-17-,21-20-. The third kappa shape index (κ3) is 27.3. The van der Waals surface area contributed by atoms with E-state index in [4.69, 9.17) is 14.2 Å². The van der Waals surface area contributed by atoms with Gasteiger partial charge in [-0.3, -0.25) is 9.59 Å². The molecule has 0 fully saturated rings. The van der Waals surface area contributed by atoms with Gasteiger partial charge in [-0.05, 0) is 51.4 Å². The van der Waals surface area contributed by atoms with Crippen LogP contribution in [0.4, 0.5) is 0 Å². The van der Waals surface area contributed by atoms with E-state index < -0.39 is 18.1 Å². The van der Waals surface area contributed by atoms with Gasteiger partial charge in [-0.2, -0.15) is 0 Å². The minimum Gasteiger partial charge on any atom is -0.544 e. The average Bonchev–Trinajstić information content (AvgIpc) is 2.98. The van der Waals surface area contributed by atoms with E-state index in [0.717, 1.165) is 57.8 Å². The lowest BCUT2D eigenvalue weighted by Gasteiger charge is -2.34. The molecule has 0 rings (SSSR count). The number of quaternary nitrogens is 1. The van der Waals surface area contributed by atoms with E-state index >= 15 is 0 Å². The second-order valence-corrected chi connectivity index (χ2v) is 12.4. The van der Waals surface area contributed by atoms with E-state index in [1.165, 1.54) is 19.3 Å². The van der Waals surface area contributed by atoms with Crippen LogP contribution in [-0.4, -0.2) is 75.5 Å². The molecule has 0 aliphatic rings. The number of ether oxygens (including phenoxy) is 3. The molecule has 0 N–H and O–H groups in total. The first-order valence-electron chi connectivity index (χ1n) is 17.2. The van der Waals surface area contributed by atoms with Crippen LogP contribution in [0.1, 0.15) is 117 Å². The van der Waals surface area contributed by atoms with Crippen LogP contribution in [0.2, 0.25) is 0 Å². The summed E-state index contributed by atoms with van der Waals surface area (Å²) in [4.78, 5) is 36.3. The Morgan fingerprint density at radius 1 is 0.689 bits per heavy atom. The van der Waals surface area contributed by atoms with Crippen molar-refractivity contribution in [1.29, 1.82) is 0 Å². The zero-order valence-electron chi connectivity index (χ0n) is 29.0. The van der Waals surface area contributed by atoms with Crippen molar-refractivity contribution in [2.75, 3.05) is 41.0 Å². The Bertz CT molecular complexity index is 886. The molecular formula is C37H63NO7. The van der Waals surface area contributed by atoms with Crippen molar-refractivity contribution < 1.29 is 38.2 Å². The molecule has 45 heavy (non-hydrogen) atoms. The van der Waals surface area contributed by atoms with E-state index in [0.29, 0.717) is 12.8 Å². The lowest BCUT2D eigenvalue weighted by atomic mass is 10.1. The molecule has 0 aromatic heterocycles. The first-order valence-corrected chi connectivity index (χ1v) is 17.2. The first-order chi connectivity index (χ1) is 21.6. The Balaban J connectivity index is 4.52. The van der Waals surface area contributed by atoms with Gasteiger partial charge in [0.2, 0.25) is 0 Å². The van der Waals surface area contributed by atoms with Gasteiger partial charge >= 0.3 is 11.9 Å². The van der Waals surface area contributed by atoms with Crippen molar-refractivity contribution in [3.63, 3.8) is 0 Å². The van der Waals surface area contributed by atoms with Crippen LogP contribution in [0.3, 0.4) is 0 Å². The van der Waals surface area contributed by atoms with Gasteiger partial charge in [-0.25, -0.2) is 0 Å². The summed E-state index contributed by atoms with van der Waals surface area (Å²) in [5.74, 6) is -1.81. The van der Waals surface area contributed by atoms with Gasteiger partial charge in [0.25, 0.3) is 0 Å². The van der Waals surface area contributed by atoms with Crippen LogP contribution in [0, 0.1) is 0 Å². The number of aliphatic carboxylic acids is 1. The summed E-state index contributed by atoms with van der Waals surface area (Å²) in [5, 5.41) is 11.5. The summed E-state index contributed by atoms with van der Waals surface area (Å²) in [5.41, 5.74) is 0. The van der Waals surface area contributed by atoms with Crippen LogP contribution in [-0.2, 0) is 28.6 Å². The van der Waals surface area contributed by atoms with Crippen LogP contribution in [0.5, 0.6) is 0 Å². The third-order valence-corrected chi connectivity index (χ3v) is 7.23. The lowest BCUT2D eigenvalue weighted by molar-refractivity contribution is -0.889. The molecule has 258 valence electrons. The molecule has 2 unspecified atom stereocenters. The maximum absolute atomic E-state index is 12.5. The summed E-state index contributed by atoms with van der Waals surface area (Å²) >= 11 is 0. The van der Waals surface area contributed by atoms with Gasteiger partial charge in [0, 0.05) is 19.3 Å². The topological polar surface area (TPSA) is 102 Å². The van der Waals surface area contributed by atoms with E-state index in [9.17, 15) is 19.5 Å². The Hall–Kier alpha value is -2.71. The Kier molecular flexibility index (Phi) is 27.0. The molecule has 0 saturated carbocycles. The van der Waals surface area contributed by atoms with Crippen molar-refractivity contribution in [3.8, 4) is 0 Å². The number of nitrogens with zero attached hydrogens (tertiary/aromatic N) is 1. The van der Waals surface area contributed by atoms with Crippen LogP contribution >= 0.6 is 0 Å². The number of rotatable bonds is 29. The van der Waals surface area contributed by atoms with E-state index in [1.807, 2.05) is 0 Å². The van der Waals surface area contributed by atoms with Crippen molar-refractivity contribution >= 4 is 17.9 Å². The molecule has 0 spiro atoms. The highest BCUT2D eigenvalue weighted by atomic mass is 16.6. The van der Waals surface area contributed by atoms with E-state index in [-0.39, 0.29) is 49.1 Å². The van der Waals surface area contributed by atoms with Crippen molar-refractivity contribution in [2.45, 2.75) is 129 Å².